The molecule has 1 fully saturated rings. The lowest BCUT2D eigenvalue weighted by molar-refractivity contribution is 0.531. The molecule has 1 heterocycles. The molecule has 1 aromatic rings. The van der Waals surface area contributed by atoms with Crippen molar-refractivity contribution in [3.8, 4) is 0 Å². The van der Waals surface area contributed by atoms with E-state index in [0.717, 1.165) is 19.6 Å². The van der Waals surface area contributed by atoms with Gasteiger partial charge in [0.15, 0.2) is 0 Å². The quantitative estimate of drug-likeness (QED) is 0.704. The molecule has 2 heteroatoms. The molecule has 1 aliphatic rings. The number of benzene rings is 1. The molecule has 3 N–H and O–H groups in total. The molecule has 2 unspecified atom stereocenters. The van der Waals surface area contributed by atoms with Crippen molar-refractivity contribution in [2.24, 2.45) is 11.7 Å². The fourth-order valence-electron chi connectivity index (χ4n) is 2.07. The van der Waals surface area contributed by atoms with Crippen LogP contribution in [0.4, 0.5) is 0 Å². The Morgan fingerprint density at radius 1 is 1.23 bits per heavy atom. The van der Waals surface area contributed by atoms with Crippen molar-refractivity contribution < 1.29 is 0 Å². The highest BCUT2D eigenvalue weighted by atomic mass is 14.9. The fraction of sp³-hybridized carbons (Fsp3) is 0.455. The van der Waals surface area contributed by atoms with E-state index in [1.165, 1.54) is 5.56 Å². The maximum atomic E-state index is 5.72. The Morgan fingerprint density at radius 3 is 2.69 bits per heavy atom. The Kier molecular flexibility index (Phi) is 2.62. The molecule has 70 valence electrons. The van der Waals surface area contributed by atoms with Gasteiger partial charge in [0.2, 0.25) is 0 Å². The van der Waals surface area contributed by atoms with Crippen LogP contribution in [0.3, 0.4) is 0 Å². The van der Waals surface area contributed by atoms with Crippen LogP contribution in [-0.4, -0.2) is 19.6 Å². The van der Waals surface area contributed by atoms with E-state index in [2.05, 4.69) is 35.6 Å². The van der Waals surface area contributed by atoms with E-state index in [4.69, 9.17) is 5.73 Å². The standard InChI is InChI=1S/C11H16N2/c12-6-10-7-13-8-11(10)9-4-2-1-3-5-9/h1-5,10-11,13H,6-8,12H2. The van der Waals surface area contributed by atoms with E-state index in [-0.39, 0.29) is 0 Å². The summed E-state index contributed by atoms with van der Waals surface area (Å²) in [5.41, 5.74) is 7.14. The number of nitrogens with two attached hydrogens (primary N) is 1. The lowest BCUT2D eigenvalue weighted by atomic mass is 9.89. The van der Waals surface area contributed by atoms with E-state index >= 15 is 0 Å². The van der Waals surface area contributed by atoms with Crippen LogP contribution in [0.2, 0.25) is 0 Å². The molecule has 0 aliphatic carbocycles. The summed E-state index contributed by atoms with van der Waals surface area (Å²) in [6.45, 7) is 2.93. The first-order valence-corrected chi connectivity index (χ1v) is 4.87. The Hall–Kier alpha value is -0.860. The third-order valence-electron chi connectivity index (χ3n) is 2.87. The van der Waals surface area contributed by atoms with Crippen molar-refractivity contribution in [1.29, 1.82) is 0 Å². The highest BCUT2D eigenvalue weighted by molar-refractivity contribution is 5.22. The molecule has 0 bridgehead atoms. The van der Waals surface area contributed by atoms with Crippen LogP contribution >= 0.6 is 0 Å². The second-order valence-electron chi connectivity index (χ2n) is 3.67. The molecular formula is C11H16N2. The van der Waals surface area contributed by atoms with Crippen molar-refractivity contribution in [3.63, 3.8) is 0 Å². The van der Waals surface area contributed by atoms with Gasteiger partial charge in [0.05, 0.1) is 0 Å². The fourth-order valence-corrected chi connectivity index (χ4v) is 2.07. The van der Waals surface area contributed by atoms with E-state index in [9.17, 15) is 0 Å². The zero-order chi connectivity index (χ0) is 9.10. The van der Waals surface area contributed by atoms with E-state index in [1.807, 2.05) is 0 Å². The molecule has 1 saturated heterocycles. The predicted octanol–water partition coefficient (Wildman–Crippen LogP) is 0.948. The minimum atomic E-state index is 0.613. The molecule has 1 aromatic carbocycles. The van der Waals surface area contributed by atoms with E-state index in [1.54, 1.807) is 0 Å². The summed E-state index contributed by atoms with van der Waals surface area (Å²) in [7, 11) is 0. The lowest BCUT2D eigenvalue weighted by Gasteiger charge is -2.16. The van der Waals surface area contributed by atoms with Crippen molar-refractivity contribution in [2.45, 2.75) is 5.92 Å². The number of hydrogen-bond donors (Lipinski definition) is 2. The van der Waals surface area contributed by atoms with Gasteiger partial charge in [-0.3, -0.25) is 0 Å². The van der Waals surface area contributed by atoms with Crippen LogP contribution in [0, 0.1) is 5.92 Å². The van der Waals surface area contributed by atoms with Gasteiger partial charge in [-0.05, 0) is 24.6 Å². The van der Waals surface area contributed by atoms with E-state index in [0.29, 0.717) is 11.8 Å². The van der Waals surface area contributed by atoms with Crippen LogP contribution in [0.1, 0.15) is 11.5 Å². The second kappa shape index (κ2) is 3.90. The topological polar surface area (TPSA) is 38.0 Å². The summed E-state index contributed by atoms with van der Waals surface area (Å²) >= 11 is 0. The van der Waals surface area contributed by atoms with Gasteiger partial charge < -0.3 is 11.1 Å². The van der Waals surface area contributed by atoms with Gasteiger partial charge >= 0.3 is 0 Å². The van der Waals surface area contributed by atoms with Crippen LogP contribution < -0.4 is 11.1 Å². The minimum absolute atomic E-state index is 0.613. The molecule has 2 atom stereocenters. The largest absolute Gasteiger partial charge is 0.330 e. The smallest absolute Gasteiger partial charge is 0.00239 e. The zero-order valence-corrected chi connectivity index (χ0v) is 7.74. The van der Waals surface area contributed by atoms with Gasteiger partial charge in [-0.1, -0.05) is 30.3 Å². The first kappa shape index (κ1) is 8.73. The molecule has 0 radical (unpaired) electrons. The van der Waals surface area contributed by atoms with Crippen molar-refractivity contribution >= 4 is 0 Å². The average molecular weight is 176 g/mol. The summed E-state index contributed by atoms with van der Waals surface area (Å²) < 4.78 is 0. The number of nitrogens with one attached hydrogen (secondary N) is 1. The maximum Gasteiger partial charge on any atom is 0.00239 e. The lowest BCUT2D eigenvalue weighted by Crippen LogP contribution is -2.20. The Bertz CT molecular complexity index is 258. The summed E-state index contributed by atoms with van der Waals surface area (Å²) in [4.78, 5) is 0. The Balaban J connectivity index is 2.16. The van der Waals surface area contributed by atoms with Crippen molar-refractivity contribution in [1.82, 2.24) is 5.32 Å². The molecule has 1 aliphatic heterocycles. The van der Waals surface area contributed by atoms with Gasteiger partial charge in [0, 0.05) is 12.5 Å². The summed E-state index contributed by atoms with van der Waals surface area (Å²) in [6, 6.07) is 10.6. The first-order valence-electron chi connectivity index (χ1n) is 4.87. The Morgan fingerprint density at radius 2 is 2.00 bits per heavy atom. The van der Waals surface area contributed by atoms with Crippen LogP contribution in [0.25, 0.3) is 0 Å². The Labute approximate surface area is 79.1 Å². The van der Waals surface area contributed by atoms with Crippen molar-refractivity contribution in [2.75, 3.05) is 19.6 Å². The minimum Gasteiger partial charge on any atom is -0.330 e. The summed E-state index contributed by atoms with van der Waals surface area (Å²) in [5.74, 6) is 1.23. The number of rotatable bonds is 2. The normalized spacial score (nSPS) is 27.8. The molecule has 0 aromatic heterocycles. The highest BCUT2D eigenvalue weighted by Crippen LogP contribution is 2.26. The van der Waals surface area contributed by atoms with Gasteiger partial charge in [-0.15, -0.1) is 0 Å². The van der Waals surface area contributed by atoms with Gasteiger partial charge in [0.1, 0.15) is 0 Å². The monoisotopic (exact) mass is 176 g/mol. The van der Waals surface area contributed by atoms with Gasteiger partial charge in [0.25, 0.3) is 0 Å². The first-order chi connectivity index (χ1) is 6.42. The van der Waals surface area contributed by atoms with Crippen molar-refractivity contribution in [3.05, 3.63) is 35.9 Å². The third kappa shape index (κ3) is 1.74. The van der Waals surface area contributed by atoms with Crippen LogP contribution in [0.15, 0.2) is 30.3 Å². The molecule has 2 nitrogen and oxygen atoms in total. The highest BCUT2D eigenvalue weighted by Gasteiger charge is 2.26. The average Bonchev–Trinajstić information content (AvgIpc) is 2.67. The van der Waals surface area contributed by atoms with Gasteiger partial charge in [-0.25, -0.2) is 0 Å². The summed E-state index contributed by atoms with van der Waals surface area (Å²) in [6.07, 6.45) is 0. The summed E-state index contributed by atoms with van der Waals surface area (Å²) in [5, 5.41) is 3.39. The zero-order valence-electron chi connectivity index (χ0n) is 7.74. The molecule has 0 amide bonds. The van der Waals surface area contributed by atoms with Gasteiger partial charge in [-0.2, -0.15) is 0 Å². The number of hydrogen-bond acceptors (Lipinski definition) is 2. The van der Waals surface area contributed by atoms with Crippen LogP contribution in [0.5, 0.6) is 0 Å². The molecule has 0 saturated carbocycles. The van der Waals surface area contributed by atoms with E-state index < -0.39 is 0 Å². The maximum absolute atomic E-state index is 5.72. The molecule has 2 rings (SSSR count). The SMILES string of the molecule is NCC1CNCC1c1ccccc1. The molecular weight excluding hydrogens is 160 g/mol. The third-order valence-corrected chi connectivity index (χ3v) is 2.87. The molecule has 13 heavy (non-hydrogen) atoms. The van der Waals surface area contributed by atoms with Crippen LogP contribution in [-0.2, 0) is 0 Å². The molecule has 0 spiro atoms. The second-order valence-corrected chi connectivity index (χ2v) is 3.67. The predicted molar refractivity (Wildman–Crippen MR) is 54.6 cm³/mol.